The molecule has 5 heteroatoms. The summed E-state index contributed by atoms with van der Waals surface area (Å²) >= 11 is 0. The number of fused-ring (bicyclic) bond motifs is 3. The number of likely N-dealkylation sites (tertiary alicyclic amines) is 1. The van der Waals surface area contributed by atoms with Gasteiger partial charge in [-0.3, -0.25) is 14.7 Å². The number of aromatic nitrogens is 1. The Hall–Kier alpha value is -2.40. The van der Waals surface area contributed by atoms with Gasteiger partial charge in [0.2, 0.25) is 0 Å². The molecule has 3 heterocycles. The van der Waals surface area contributed by atoms with E-state index in [4.69, 9.17) is 4.74 Å². The zero-order valence-electron chi connectivity index (χ0n) is 12.7. The van der Waals surface area contributed by atoms with Crippen LogP contribution in [0.4, 0.5) is 0 Å². The maximum atomic E-state index is 12.0. The monoisotopic (exact) mass is 310 g/mol. The first-order valence-electron chi connectivity index (χ1n) is 7.75. The molecule has 2 aliphatic heterocycles. The first-order valence-corrected chi connectivity index (χ1v) is 7.75. The van der Waals surface area contributed by atoms with Gasteiger partial charge in [0.25, 0.3) is 0 Å². The quantitative estimate of drug-likeness (QED) is 0.941. The van der Waals surface area contributed by atoms with E-state index in [-0.39, 0.29) is 12.5 Å². The Morgan fingerprint density at radius 2 is 2.22 bits per heavy atom. The minimum Gasteiger partial charge on any atom is -0.492 e. The van der Waals surface area contributed by atoms with Gasteiger partial charge in [-0.1, -0.05) is 24.3 Å². The lowest BCUT2D eigenvalue weighted by atomic mass is 9.73. The Balaban J connectivity index is 1.66. The van der Waals surface area contributed by atoms with Crippen LogP contribution in [-0.4, -0.2) is 40.7 Å². The summed E-state index contributed by atoms with van der Waals surface area (Å²) in [6, 6.07) is 11.7. The van der Waals surface area contributed by atoms with E-state index in [1.165, 1.54) is 0 Å². The van der Waals surface area contributed by atoms with Crippen LogP contribution in [0.15, 0.2) is 48.8 Å². The van der Waals surface area contributed by atoms with Gasteiger partial charge in [0.15, 0.2) is 0 Å². The number of benzene rings is 1. The van der Waals surface area contributed by atoms with Crippen molar-refractivity contribution in [3.05, 3.63) is 59.9 Å². The van der Waals surface area contributed by atoms with E-state index < -0.39 is 11.4 Å². The fourth-order valence-electron chi connectivity index (χ4n) is 3.80. The predicted octanol–water partition coefficient (Wildman–Crippen LogP) is 2.14. The molecule has 1 aromatic heterocycles. The van der Waals surface area contributed by atoms with Crippen molar-refractivity contribution in [3.8, 4) is 5.75 Å². The predicted molar refractivity (Wildman–Crippen MR) is 84.3 cm³/mol. The summed E-state index contributed by atoms with van der Waals surface area (Å²) in [6.07, 6.45) is 3.58. The fraction of sp³-hybridized carbons (Fsp3) is 0.333. The lowest BCUT2D eigenvalue weighted by Gasteiger charge is -2.35. The third-order valence-electron chi connectivity index (χ3n) is 4.95. The van der Waals surface area contributed by atoms with Gasteiger partial charge >= 0.3 is 5.97 Å². The molecular formula is C18H18N2O3. The second-order valence-corrected chi connectivity index (χ2v) is 6.37. The number of hydrogen-bond acceptors (Lipinski definition) is 4. The molecule has 2 aromatic rings. The summed E-state index contributed by atoms with van der Waals surface area (Å²) in [6.45, 7) is 2.16. The van der Waals surface area contributed by atoms with Gasteiger partial charge in [-0.05, 0) is 23.3 Å². The van der Waals surface area contributed by atoms with Crippen molar-refractivity contribution in [2.75, 3.05) is 19.7 Å². The summed E-state index contributed by atoms with van der Waals surface area (Å²) in [4.78, 5) is 18.4. The molecule has 1 N–H and O–H groups in total. The summed E-state index contributed by atoms with van der Waals surface area (Å²) in [5.74, 6) is 0.00455. The highest BCUT2D eigenvalue weighted by molar-refractivity contribution is 5.78. The third-order valence-corrected chi connectivity index (χ3v) is 4.95. The van der Waals surface area contributed by atoms with Crippen molar-refractivity contribution < 1.29 is 14.6 Å². The van der Waals surface area contributed by atoms with Gasteiger partial charge in [-0.2, -0.15) is 0 Å². The Morgan fingerprint density at radius 1 is 1.35 bits per heavy atom. The summed E-state index contributed by atoms with van der Waals surface area (Å²) in [7, 11) is 0. The molecule has 0 bridgehead atoms. The molecule has 2 atom stereocenters. The van der Waals surface area contributed by atoms with Gasteiger partial charge in [-0.25, -0.2) is 0 Å². The average molecular weight is 310 g/mol. The smallest absolute Gasteiger partial charge is 0.315 e. The Kier molecular flexibility index (Phi) is 3.31. The normalized spacial score (nSPS) is 26.2. The van der Waals surface area contributed by atoms with Crippen LogP contribution >= 0.6 is 0 Å². The van der Waals surface area contributed by atoms with Crippen LogP contribution in [0, 0.1) is 5.41 Å². The first kappa shape index (κ1) is 14.2. The van der Waals surface area contributed by atoms with E-state index in [0.29, 0.717) is 13.1 Å². The van der Waals surface area contributed by atoms with Crippen LogP contribution in [0.25, 0.3) is 0 Å². The van der Waals surface area contributed by atoms with Crippen LogP contribution in [0.5, 0.6) is 5.75 Å². The highest BCUT2D eigenvalue weighted by Gasteiger charge is 2.56. The van der Waals surface area contributed by atoms with Crippen LogP contribution in [0.2, 0.25) is 0 Å². The molecule has 0 spiro atoms. The molecule has 0 aliphatic carbocycles. The molecule has 118 valence electrons. The summed E-state index contributed by atoms with van der Waals surface area (Å²) < 4.78 is 5.78. The van der Waals surface area contributed by atoms with E-state index in [1.807, 2.05) is 42.6 Å². The fourth-order valence-corrected chi connectivity index (χ4v) is 3.80. The second-order valence-electron chi connectivity index (χ2n) is 6.37. The van der Waals surface area contributed by atoms with E-state index in [1.54, 1.807) is 6.20 Å². The van der Waals surface area contributed by atoms with E-state index >= 15 is 0 Å². The summed E-state index contributed by atoms with van der Waals surface area (Å²) in [5, 5.41) is 9.89. The third kappa shape index (κ3) is 2.28. The SMILES string of the molecule is O=C(O)[C@]12COc3ccccc3[C@H]1CN(Cc1cccnc1)C2. The molecule has 5 nitrogen and oxygen atoms in total. The number of para-hydroxylation sites is 1. The Morgan fingerprint density at radius 3 is 3.00 bits per heavy atom. The van der Waals surface area contributed by atoms with Crippen LogP contribution < -0.4 is 4.74 Å². The highest BCUT2D eigenvalue weighted by atomic mass is 16.5. The molecule has 0 saturated carbocycles. The molecule has 0 unspecified atom stereocenters. The maximum absolute atomic E-state index is 12.0. The summed E-state index contributed by atoms with van der Waals surface area (Å²) in [5.41, 5.74) is 1.24. The van der Waals surface area contributed by atoms with Gasteiger partial charge in [0.1, 0.15) is 17.8 Å². The standard InChI is InChI=1S/C18H18N2O3/c21-17(22)18-11-20(9-13-4-3-7-19-8-13)10-15(18)14-5-1-2-6-16(14)23-12-18/h1-8,15H,9-12H2,(H,21,22)/t15-,18-/m1/s1. The molecule has 2 aliphatic rings. The van der Waals surface area contributed by atoms with E-state index in [9.17, 15) is 9.90 Å². The zero-order chi connectivity index (χ0) is 15.9. The number of carboxylic acids is 1. The molecule has 1 saturated heterocycles. The molecule has 0 amide bonds. The van der Waals surface area contributed by atoms with Gasteiger partial charge < -0.3 is 9.84 Å². The highest BCUT2D eigenvalue weighted by Crippen LogP contribution is 2.49. The maximum Gasteiger partial charge on any atom is 0.315 e. The second kappa shape index (κ2) is 5.35. The lowest BCUT2D eigenvalue weighted by Crippen LogP contribution is -2.45. The van der Waals surface area contributed by atoms with Crippen molar-refractivity contribution >= 4 is 5.97 Å². The zero-order valence-corrected chi connectivity index (χ0v) is 12.7. The van der Waals surface area contributed by atoms with Gasteiger partial charge in [-0.15, -0.1) is 0 Å². The van der Waals surface area contributed by atoms with Crippen molar-refractivity contribution in [1.29, 1.82) is 0 Å². The van der Waals surface area contributed by atoms with Gasteiger partial charge in [0, 0.05) is 37.9 Å². The topological polar surface area (TPSA) is 62.7 Å². The van der Waals surface area contributed by atoms with Crippen molar-refractivity contribution in [2.24, 2.45) is 5.41 Å². The molecule has 1 fully saturated rings. The molecule has 4 rings (SSSR count). The van der Waals surface area contributed by atoms with E-state index in [2.05, 4.69) is 9.88 Å². The minimum atomic E-state index is -0.865. The lowest BCUT2D eigenvalue weighted by molar-refractivity contribution is -0.151. The van der Waals surface area contributed by atoms with Crippen molar-refractivity contribution in [1.82, 2.24) is 9.88 Å². The number of nitrogens with zero attached hydrogens (tertiary/aromatic N) is 2. The van der Waals surface area contributed by atoms with Crippen molar-refractivity contribution in [3.63, 3.8) is 0 Å². The van der Waals surface area contributed by atoms with Crippen LogP contribution in [-0.2, 0) is 11.3 Å². The number of carboxylic acid groups (broad SMARTS) is 1. The largest absolute Gasteiger partial charge is 0.492 e. The number of carbonyl (C=O) groups is 1. The number of rotatable bonds is 3. The van der Waals surface area contributed by atoms with Crippen molar-refractivity contribution in [2.45, 2.75) is 12.5 Å². The van der Waals surface area contributed by atoms with Crippen LogP contribution in [0.1, 0.15) is 17.0 Å². The Labute approximate surface area is 134 Å². The van der Waals surface area contributed by atoms with Gasteiger partial charge in [0.05, 0.1) is 0 Å². The van der Waals surface area contributed by atoms with Crippen LogP contribution in [0.3, 0.4) is 0 Å². The molecular weight excluding hydrogens is 292 g/mol. The average Bonchev–Trinajstić information content (AvgIpc) is 2.96. The number of pyridine rings is 1. The number of hydrogen-bond donors (Lipinski definition) is 1. The number of ether oxygens (including phenoxy) is 1. The first-order chi connectivity index (χ1) is 11.2. The Bertz CT molecular complexity index is 734. The number of aliphatic carboxylic acids is 1. The molecule has 1 aromatic carbocycles. The minimum absolute atomic E-state index is 0.0402. The molecule has 0 radical (unpaired) electrons. The molecule has 23 heavy (non-hydrogen) atoms. The van der Waals surface area contributed by atoms with E-state index in [0.717, 1.165) is 23.4 Å².